The summed E-state index contributed by atoms with van der Waals surface area (Å²) in [6.45, 7) is 0. The summed E-state index contributed by atoms with van der Waals surface area (Å²) in [6, 6.07) is 27.7. The average molecular weight is 595 g/mol. The van der Waals surface area contributed by atoms with Gasteiger partial charge in [0.1, 0.15) is 6.07 Å². The Morgan fingerprint density at radius 2 is 1.05 bits per heavy atom. The zero-order valence-electron chi connectivity index (χ0n) is 22.3. The molecule has 0 bridgehead atoms. The first-order valence-electron chi connectivity index (χ1n) is 13.2. The van der Waals surface area contributed by atoms with Crippen LogP contribution < -0.4 is 0 Å². The van der Waals surface area contributed by atoms with Gasteiger partial charge in [-0.05, 0) is 54.6 Å². The number of alkyl halides is 6. The number of hydrogen-bond acceptors (Lipinski definition) is 2. The molecule has 0 amide bonds. The van der Waals surface area contributed by atoms with E-state index < -0.39 is 29.2 Å². The number of benzene rings is 5. The predicted octanol–water partition coefficient (Wildman–Crippen LogP) is 9.66. The SMILES string of the molecule is N#Cc1ccc(-n2c3ccccc3c3cc4c5ccccc5n(-c5c(C(F)(F)F)cccc5C(F)(F)F)c4cc32)c(C#N)c1. The summed E-state index contributed by atoms with van der Waals surface area (Å²) in [5.41, 5.74) is -1.60. The molecule has 0 saturated heterocycles. The van der Waals surface area contributed by atoms with Crippen LogP contribution in [0, 0.1) is 22.7 Å². The van der Waals surface area contributed by atoms with Gasteiger partial charge in [0.15, 0.2) is 0 Å². The number of fused-ring (bicyclic) bond motifs is 6. The van der Waals surface area contributed by atoms with Crippen LogP contribution in [0.5, 0.6) is 0 Å². The van der Waals surface area contributed by atoms with Crippen molar-refractivity contribution in [2.75, 3.05) is 0 Å². The normalized spacial score (nSPS) is 12.3. The van der Waals surface area contributed by atoms with Crippen LogP contribution in [-0.4, -0.2) is 9.13 Å². The molecule has 2 aromatic heterocycles. The molecule has 0 spiro atoms. The van der Waals surface area contributed by atoms with Crippen molar-refractivity contribution in [3.8, 4) is 23.5 Å². The third-order valence-corrected chi connectivity index (χ3v) is 7.82. The molecular formula is C34H16F6N4. The van der Waals surface area contributed by atoms with Gasteiger partial charge in [-0.2, -0.15) is 36.9 Å². The number of nitriles is 2. The first kappa shape index (κ1) is 27.1. The van der Waals surface area contributed by atoms with E-state index in [0.29, 0.717) is 45.0 Å². The summed E-state index contributed by atoms with van der Waals surface area (Å²) < 4.78 is 89.1. The van der Waals surface area contributed by atoms with Crippen molar-refractivity contribution in [3.63, 3.8) is 0 Å². The van der Waals surface area contributed by atoms with E-state index in [0.717, 1.165) is 16.0 Å². The van der Waals surface area contributed by atoms with Crippen LogP contribution in [0.4, 0.5) is 26.3 Å². The van der Waals surface area contributed by atoms with Crippen LogP contribution >= 0.6 is 0 Å². The van der Waals surface area contributed by atoms with Gasteiger partial charge in [-0.25, -0.2) is 0 Å². The lowest BCUT2D eigenvalue weighted by molar-refractivity contribution is -0.142. The highest BCUT2D eigenvalue weighted by Crippen LogP contribution is 2.46. The van der Waals surface area contributed by atoms with Gasteiger partial charge in [-0.1, -0.05) is 42.5 Å². The summed E-state index contributed by atoms with van der Waals surface area (Å²) in [4.78, 5) is 0. The molecule has 7 aromatic rings. The zero-order valence-corrected chi connectivity index (χ0v) is 22.3. The highest BCUT2D eigenvalue weighted by atomic mass is 19.4. The van der Waals surface area contributed by atoms with Crippen molar-refractivity contribution in [2.45, 2.75) is 12.4 Å². The number of aromatic nitrogens is 2. The number of nitrogens with zero attached hydrogens (tertiary/aromatic N) is 4. The molecule has 214 valence electrons. The summed E-state index contributed by atoms with van der Waals surface area (Å²) >= 11 is 0. The van der Waals surface area contributed by atoms with Crippen LogP contribution in [0.2, 0.25) is 0 Å². The molecule has 2 heterocycles. The number of para-hydroxylation sites is 3. The van der Waals surface area contributed by atoms with Crippen molar-refractivity contribution in [3.05, 3.63) is 119 Å². The molecule has 0 aliphatic heterocycles. The van der Waals surface area contributed by atoms with E-state index in [1.165, 1.54) is 12.1 Å². The fraction of sp³-hybridized carbons (Fsp3) is 0.0588. The Morgan fingerprint density at radius 3 is 1.59 bits per heavy atom. The maximum Gasteiger partial charge on any atom is 0.418 e. The second-order valence-electron chi connectivity index (χ2n) is 10.2. The molecule has 4 nitrogen and oxygen atoms in total. The lowest BCUT2D eigenvalue weighted by atomic mass is 10.0. The standard InChI is InChI=1S/C34H16F6N4/c35-33(36,37)25-8-5-9-26(34(38,39)40)32(25)44-29-11-4-2-7-22(29)24-15-23-21-6-1-3-10-28(21)43(30(23)16-31(24)44)27-13-12-19(17-41)14-20(27)18-42/h1-16H. The van der Waals surface area contributed by atoms with Gasteiger partial charge in [-0.3, -0.25) is 0 Å². The van der Waals surface area contributed by atoms with Gasteiger partial charge in [-0.15, -0.1) is 0 Å². The first-order valence-corrected chi connectivity index (χ1v) is 13.2. The lowest BCUT2D eigenvalue weighted by Crippen LogP contribution is -2.17. The molecule has 10 heteroatoms. The van der Waals surface area contributed by atoms with E-state index in [2.05, 4.69) is 6.07 Å². The Hall–Kier alpha value is -5.74. The van der Waals surface area contributed by atoms with Crippen molar-refractivity contribution < 1.29 is 26.3 Å². The Morgan fingerprint density at radius 1 is 0.500 bits per heavy atom. The van der Waals surface area contributed by atoms with Crippen molar-refractivity contribution in [2.24, 2.45) is 0 Å². The third-order valence-electron chi connectivity index (χ3n) is 7.82. The highest BCUT2D eigenvalue weighted by Gasteiger charge is 2.42. The quantitative estimate of drug-likeness (QED) is 0.187. The van der Waals surface area contributed by atoms with Gasteiger partial charge in [0.05, 0.1) is 61.8 Å². The van der Waals surface area contributed by atoms with E-state index in [9.17, 15) is 36.9 Å². The number of rotatable bonds is 2. The van der Waals surface area contributed by atoms with E-state index in [-0.39, 0.29) is 22.2 Å². The van der Waals surface area contributed by atoms with Gasteiger partial charge in [0.2, 0.25) is 0 Å². The molecule has 44 heavy (non-hydrogen) atoms. The fourth-order valence-electron chi connectivity index (χ4n) is 6.06. The molecule has 0 aliphatic carbocycles. The fourth-order valence-corrected chi connectivity index (χ4v) is 6.06. The minimum Gasteiger partial charge on any atom is -0.308 e. The number of halogens is 6. The first-order chi connectivity index (χ1) is 21.0. The van der Waals surface area contributed by atoms with Crippen LogP contribution in [0.3, 0.4) is 0 Å². The summed E-state index contributed by atoms with van der Waals surface area (Å²) in [6.07, 6.45) is -10.2. The average Bonchev–Trinajstić information content (AvgIpc) is 3.50. The van der Waals surface area contributed by atoms with Gasteiger partial charge >= 0.3 is 12.4 Å². The Balaban J connectivity index is 1.71. The lowest BCUT2D eigenvalue weighted by Gasteiger charge is -2.21. The van der Waals surface area contributed by atoms with E-state index >= 15 is 0 Å². The molecule has 5 aromatic carbocycles. The summed E-state index contributed by atoms with van der Waals surface area (Å²) in [7, 11) is 0. The molecule has 0 fully saturated rings. The molecule has 0 atom stereocenters. The molecule has 7 rings (SSSR count). The van der Waals surface area contributed by atoms with Crippen LogP contribution in [0.15, 0.2) is 97.1 Å². The van der Waals surface area contributed by atoms with Gasteiger partial charge in [0, 0.05) is 21.5 Å². The van der Waals surface area contributed by atoms with Crippen molar-refractivity contribution >= 4 is 43.6 Å². The molecule has 0 radical (unpaired) electrons. The third kappa shape index (κ3) is 3.92. The van der Waals surface area contributed by atoms with Crippen LogP contribution in [0.1, 0.15) is 22.3 Å². The zero-order chi connectivity index (χ0) is 31.0. The maximum atomic E-state index is 14.4. The minimum absolute atomic E-state index is 0.122. The molecule has 0 aliphatic rings. The van der Waals surface area contributed by atoms with E-state index in [4.69, 9.17) is 0 Å². The van der Waals surface area contributed by atoms with E-state index in [1.54, 1.807) is 53.1 Å². The van der Waals surface area contributed by atoms with Crippen LogP contribution in [-0.2, 0) is 12.4 Å². The van der Waals surface area contributed by atoms with Crippen molar-refractivity contribution in [1.82, 2.24) is 9.13 Å². The summed E-state index contributed by atoms with van der Waals surface area (Å²) in [5, 5.41) is 21.7. The second kappa shape index (κ2) is 9.38. The molecular weight excluding hydrogens is 578 g/mol. The highest BCUT2D eigenvalue weighted by molar-refractivity contribution is 6.19. The van der Waals surface area contributed by atoms with Crippen molar-refractivity contribution in [1.29, 1.82) is 10.5 Å². The van der Waals surface area contributed by atoms with E-state index in [1.807, 2.05) is 24.3 Å². The molecule has 0 N–H and O–H groups in total. The second-order valence-corrected chi connectivity index (χ2v) is 10.2. The topological polar surface area (TPSA) is 57.4 Å². The van der Waals surface area contributed by atoms with Gasteiger partial charge < -0.3 is 9.13 Å². The molecule has 0 saturated carbocycles. The monoisotopic (exact) mass is 594 g/mol. The van der Waals surface area contributed by atoms with Crippen LogP contribution in [0.25, 0.3) is 55.0 Å². The minimum atomic E-state index is -5.09. The smallest absolute Gasteiger partial charge is 0.308 e. The largest absolute Gasteiger partial charge is 0.418 e. The maximum absolute atomic E-state index is 14.4. The Bertz CT molecular complexity index is 2360. The Labute approximate surface area is 244 Å². The van der Waals surface area contributed by atoms with Gasteiger partial charge in [0.25, 0.3) is 0 Å². The summed E-state index contributed by atoms with van der Waals surface area (Å²) in [5.74, 6) is 0. The number of hydrogen-bond donors (Lipinski definition) is 0. The molecule has 0 unspecified atom stereocenters. The Kier molecular flexibility index (Phi) is 5.78. The predicted molar refractivity (Wildman–Crippen MR) is 155 cm³/mol.